The summed E-state index contributed by atoms with van der Waals surface area (Å²) in [5, 5.41) is 30.8. The van der Waals surface area contributed by atoms with Crippen LogP contribution in [0.15, 0.2) is 12.2 Å². The summed E-state index contributed by atoms with van der Waals surface area (Å²) in [7, 11) is 0. The molecule has 6 N–H and O–H groups in total. The van der Waals surface area contributed by atoms with Crippen LogP contribution in [0, 0.1) is 11.3 Å². The van der Waals surface area contributed by atoms with Gasteiger partial charge in [0.25, 0.3) is 0 Å². The molecule has 0 saturated heterocycles. The van der Waals surface area contributed by atoms with Crippen molar-refractivity contribution in [2.75, 3.05) is 0 Å². The standard InChI is InChI=1S/C15H22N2O6/c1-7(17-13(21)9(16)5-10(18)14(22)23)12(20)15-6-8(15)3-2-4-11(15)19/h2,4,7-10,12,18,20H,3,5-6,16H2,1H3,(H,17,21)(H,22,23)/t7-,8-,9+,10-,12-,15-/m0/s1. The number of hydrogen-bond donors (Lipinski definition) is 5. The second kappa shape index (κ2) is 6.38. The van der Waals surface area contributed by atoms with Crippen LogP contribution in [0.1, 0.15) is 26.2 Å². The maximum Gasteiger partial charge on any atom is 0.332 e. The molecule has 0 aromatic heterocycles. The Labute approximate surface area is 133 Å². The number of carboxylic acid groups (broad SMARTS) is 1. The van der Waals surface area contributed by atoms with E-state index >= 15 is 0 Å². The van der Waals surface area contributed by atoms with E-state index in [1.165, 1.54) is 6.08 Å². The lowest BCUT2D eigenvalue weighted by Crippen LogP contribution is -2.53. The van der Waals surface area contributed by atoms with Crippen LogP contribution in [0.3, 0.4) is 0 Å². The van der Waals surface area contributed by atoms with E-state index in [4.69, 9.17) is 10.8 Å². The smallest absolute Gasteiger partial charge is 0.332 e. The van der Waals surface area contributed by atoms with Crippen LogP contribution in [0.4, 0.5) is 0 Å². The fraction of sp³-hybridized carbons (Fsp3) is 0.667. The quantitative estimate of drug-likeness (QED) is 0.384. The van der Waals surface area contributed by atoms with E-state index in [1.807, 2.05) is 0 Å². The Balaban J connectivity index is 1.92. The molecule has 128 valence electrons. The minimum atomic E-state index is -1.73. The van der Waals surface area contributed by atoms with Gasteiger partial charge < -0.3 is 26.4 Å². The number of rotatable bonds is 7. The van der Waals surface area contributed by atoms with Crippen molar-refractivity contribution < 1.29 is 29.7 Å². The second-order valence-electron chi connectivity index (χ2n) is 6.38. The highest BCUT2D eigenvalue weighted by molar-refractivity contribution is 5.99. The van der Waals surface area contributed by atoms with E-state index in [0.717, 1.165) is 6.42 Å². The molecule has 0 radical (unpaired) electrons. The molecule has 8 nitrogen and oxygen atoms in total. The first-order chi connectivity index (χ1) is 10.7. The number of nitrogens with two attached hydrogens (primary N) is 1. The van der Waals surface area contributed by atoms with Gasteiger partial charge in [-0.25, -0.2) is 4.79 Å². The van der Waals surface area contributed by atoms with E-state index < -0.39 is 48.0 Å². The molecule has 1 amide bonds. The number of aliphatic hydroxyl groups excluding tert-OH is 2. The molecule has 23 heavy (non-hydrogen) atoms. The Bertz CT molecular complexity index is 548. The Morgan fingerprint density at radius 1 is 1.48 bits per heavy atom. The highest BCUT2D eigenvalue weighted by Crippen LogP contribution is 2.60. The van der Waals surface area contributed by atoms with Gasteiger partial charge in [0.1, 0.15) is 0 Å². The van der Waals surface area contributed by atoms with Gasteiger partial charge in [-0.2, -0.15) is 0 Å². The lowest BCUT2D eigenvalue weighted by atomic mass is 9.83. The van der Waals surface area contributed by atoms with E-state index in [0.29, 0.717) is 6.42 Å². The fourth-order valence-electron chi connectivity index (χ4n) is 3.25. The maximum atomic E-state index is 12.1. The molecule has 0 aromatic rings. The van der Waals surface area contributed by atoms with Gasteiger partial charge in [0.15, 0.2) is 11.9 Å². The van der Waals surface area contributed by atoms with E-state index in [1.54, 1.807) is 13.0 Å². The number of carbonyl (C=O) groups excluding carboxylic acids is 2. The summed E-state index contributed by atoms with van der Waals surface area (Å²) in [4.78, 5) is 34.6. The zero-order chi connectivity index (χ0) is 17.4. The zero-order valence-corrected chi connectivity index (χ0v) is 12.8. The van der Waals surface area contributed by atoms with E-state index in [9.17, 15) is 24.6 Å². The van der Waals surface area contributed by atoms with Crippen molar-refractivity contribution in [3.05, 3.63) is 12.2 Å². The molecule has 0 bridgehead atoms. The van der Waals surface area contributed by atoms with Crippen LogP contribution < -0.4 is 11.1 Å². The number of nitrogens with one attached hydrogen (secondary N) is 1. The molecular formula is C15H22N2O6. The number of carbonyl (C=O) groups is 3. The number of carboxylic acids is 1. The van der Waals surface area contributed by atoms with Gasteiger partial charge in [-0.1, -0.05) is 6.08 Å². The first-order valence-electron chi connectivity index (χ1n) is 7.56. The molecule has 2 aliphatic carbocycles. The summed E-state index contributed by atoms with van der Waals surface area (Å²) < 4.78 is 0. The molecule has 1 fully saturated rings. The molecular weight excluding hydrogens is 304 g/mol. The lowest BCUT2D eigenvalue weighted by Gasteiger charge is -2.29. The van der Waals surface area contributed by atoms with Gasteiger partial charge in [0, 0.05) is 6.42 Å². The topological polar surface area (TPSA) is 150 Å². The van der Waals surface area contributed by atoms with E-state index in [-0.39, 0.29) is 11.7 Å². The average molecular weight is 326 g/mol. The van der Waals surface area contributed by atoms with Gasteiger partial charge in [0.05, 0.1) is 23.6 Å². The Morgan fingerprint density at radius 3 is 2.70 bits per heavy atom. The Kier molecular flexibility index (Phi) is 4.88. The number of aliphatic hydroxyl groups is 2. The van der Waals surface area contributed by atoms with Crippen LogP contribution in [0.25, 0.3) is 0 Å². The number of hydrogen-bond acceptors (Lipinski definition) is 6. The highest BCUT2D eigenvalue weighted by Gasteiger charge is 2.64. The van der Waals surface area contributed by atoms with E-state index in [2.05, 4.69) is 5.32 Å². The molecule has 1 saturated carbocycles. The third kappa shape index (κ3) is 3.29. The summed E-state index contributed by atoms with van der Waals surface area (Å²) >= 11 is 0. The molecule has 8 heteroatoms. The van der Waals surface area contributed by atoms with Crippen molar-refractivity contribution in [1.29, 1.82) is 0 Å². The van der Waals surface area contributed by atoms with Crippen molar-refractivity contribution in [2.24, 2.45) is 17.1 Å². The summed E-state index contributed by atoms with van der Waals surface area (Å²) in [5.41, 5.74) is 4.73. The van der Waals surface area contributed by atoms with Gasteiger partial charge >= 0.3 is 5.97 Å². The maximum absolute atomic E-state index is 12.1. The van der Waals surface area contributed by atoms with Crippen LogP contribution in [-0.2, 0) is 14.4 Å². The molecule has 0 spiro atoms. The summed E-state index contributed by atoms with van der Waals surface area (Å²) in [5.74, 6) is -2.17. The highest BCUT2D eigenvalue weighted by atomic mass is 16.4. The molecule has 2 aliphatic rings. The zero-order valence-electron chi connectivity index (χ0n) is 12.8. The molecule has 2 rings (SSSR count). The molecule has 0 unspecified atom stereocenters. The van der Waals surface area contributed by atoms with Crippen molar-refractivity contribution in [3.63, 3.8) is 0 Å². The summed E-state index contributed by atoms with van der Waals surface area (Å²) in [6, 6.07) is -1.93. The summed E-state index contributed by atoms with van der Waals surface area (Å²) in [6.45, 7) is 1.57. The average Bonchev–Trinajstić information content (AvgIpc) is 3.23. The third-order valence-electron chi connectivity index (χ3n) is 4.77. The van der Waals surface area contributed by atoms with Gasteiger partial charge in [-0.15, -0.1) is 0 Å². The fourth-order valence-corrected chi connectivity index (χ4v) is 3.25. The number of fused-ring (bicyclic) bond motifs is 1. The van der Waals surface area contributed by atoms with Crippen molar-refractivity contribution in [1.82, 2.24) is 5.32 Å². The van der Waals surface area contributed by atoms with Crippen LogP contribution in [-0.4, -0.2) is 57.3 Å². The SMILES string of the molecule is C[C@H](NC(=O)[C@H](N)C[C@H](O)C(=O)O)[C@H](O)[C@@]12C[C@@H]1CC=CC2=O. The van der Waals surface area contributed by atoms with Crippen LogP contribution in [0.2, 0.25) is 0 Å². The van der Waals surface area contributed by atoms with Crippen LogP contribution in [0.5, 0.6) is 0 Å². The third-order valence-corrected chi connectivity index (χ3v) is 4.77. The Hall–Kier alpha value is -1.77. The molecule has 0 aromatic carbocycles. The first kappa shape index (κ1) is 17.6. The van der Waals surface area contributed by atoms with Gasteiger partial charge in [-0.3, -0.25) is 9.59 Å². The first-order valence-corrected chi connectivity index (χ1v) is 7.56. The van der Waals surface area contributed by atoms with Crippen molar-refractivity contribution >= 4 is 17.7 Å². The Morgan fingerprint density at radius 2 is 2.13 bits per heavy atom. The number of aliphatic carboxylic acids is 1. The van der Waals surface area contributed by atoms with Gasteiger partial charge in [-0.05, 0) is 31.8 Å². The number of ketones is 1. The minimum Gasteiger partial charge on any atom is -0.479 e. The molecule has 0 heterocycles. The predicted octanol–water partition coefficient (Wildman–Crippen LogP) is -1.45. The van der Waals surface area contributed by atoms with Gasteiger partial charge in [0.2, 0.25) is 5.91 Å². The monoisotopic (exact) mass is 326 g/mol. The van der Waals surface area contributed by atoms with Crippen LogP contribution >= 0.6 is 0 Å². The van der Waals surface area contributed by atoms with Crippen molar-refractivity contribution in [2.45, 2.75) is 50.5 Å². The second-order valence-corrected chi connectivity index (χ2v) is 6.38. The normalized spacial score (nSPS) is 30.8. The molecule has 6 atom stereocenters. The minimum absolute atomic E-state index is 0.0943. The number of allylic oxidation sites excluding steroid dienone is 2. The summed E-state index contributed by atoms with van der Waals surface area (Å²) in [6.07, 6.45) is 1.38. The van der Waals surface area contributed by atoms with Crippen molar-refractivity contribution in [3.8, 4) is 0 Å². The largest absolute Gasteiger partial charge is 0.479 e. The molecule has 0 aliphatic heterocycles. The predicted molar refractivity (Wildman–Crippen MR) is 79.2 cm³/mol. The number of amides is 1. The lowest BCUT2D eigenvalue weighted by molar-refractivity contribution is -0.147.